The number of hydrogen-bond acceptors (Lipinski definition) is 3. The number of aromatic amines is 1. The van der Waals surface area contributed by atoms with E-state index in [1.807, 2.05) is 41.1 Å². The van der Waals surface area contributed by atoms with E-state index in [0.717, 1.165) is 35.3 Å². The lowest BCUT2D eigenvalue weighted by atomic mass is 10.0. The van der Waals surface area contributed by atoms with E-state index in [2.05, 4.69) is 18.0 Å². The van der Waals surface area contributed by atoms with Gasteiger partial charge in [-0.2, -0.15) is 11.8 Å². The van der Waals surface area contributed by atoms with Crippen molar-refractivity contribution in [3.05, 3.63) is 36.0 Å². The van der Waals surface area contributed by atoms with Crippen LogP contribution in [0.2, 0.25) is 0 Å². The number of hydrogen-bond donors (Lipinski definition) is 2. The minimum absolute atomic E-state index is 0.0763. The summed E-state index contributed by atoms with van der Waals surface area (Å²) < 4.78 is 0. The van der Waals surface area contributed by atoms with Crippen LogP contribution in [0.3, 0.4) is 0 Å². The Labute approximate surface area is 129 Å². The molecule has 0 aliphatic carbocycles. The topological polar surface area (TPSA) is 62.1 Å². The molecular formula is C16H21N3OS. The van der Waals surface area contributed by atoms with Gasteiger partial charge >= 0.3 is 0 Å². The Balaban J connectivity index is 1.70. The van der Waals surface area contributed by atoms with Gasteiger partial charge in [0, 0.05) is 41.2 Å². The van der Waals surface area contributed by atoms with Gasteiger partial charge in [-0.25, -0.2) is 0 Å². The van der Waals surface area contributed by atoms with Crippen molar-refractivity contribution >= 4 is 28.6 Å². The number of aromatic nitrogens is 1. The molecule has 1 fully saturated rings. The van der Waals surface area contributed by atoms with E-state index in [-0.39, 0.29) is 5.91 Å². The number of amides is 1. The highest BCUT2D eigenvalue weighted by atomic mass is 32.2. The van der Waals surface area contributed by atoms with Gasteiger partial charge in [-0.3, -0.25) is 4.79 Å². The van der Waals surface area contributed by atoms with Crippen LogP contribution in [-0.2, 0) is 11.2 Å². The first kappa shape index (κ1) is 14.5. The molecule has 21 heavy (non-hydrogen) atoms. The fourth-order valence-electron chi connectivity index (χ4n) is 2.88. The number of rotatable bonds is 3. The number of para-hydroxylation sites is 1. The number of benzene rings is 1. The minimum atomic E-state index is -0.459. The second kappa shape index (κ2) is 6.12. The van der Waals surface area contributed by atoms with E-state index in [0.29, 0.717) is 11.7 Å². The third kappa shape index (κ3) is 3.09. The molecule has 2 heterocycles. The molecule has 3 N–H and O–H groups in total. The Morgan fingerprint density at radius 2 is 2.33 bits per heavy atom. The van der Waals surface area contributed by atoms with Gasteiger partial charge in [0.15, 0.2) is 0 Å². The van der Waals surface area contributed by atoms with Crippen molar-refractivity contribution in [1.82, 2.24) is 9.88 Å². The average Bonchev–Trinajstić information content (AvgIpc) is 2.90. The van der Waals surface area contributed by atoms with Crippen LogP contribution in [0.5, 0.6) is 0 Å². The Bertz CT molecular complexity index is 639. The van der Waals surface area contributed by atoms with Crippen molar-refractivity contribution in [2.75, 3.05) is 18.8 Å². The second-order valence-corrected chi connectivity index (χ2v) is 7.18. The number of nitrogens with zero attached hydrogens (tertiary/aromatic N) is 1. The third-order valence-corrected chi connectivity index (χ3v) is 5.12. The number of nitrogens with two attached hydrogens (primary N) is 1. The van der Waals surface area contributed by atoms with Gasteiger partial charge in [-0.15, -0.1) is 0 Å². The molecule has 3 rings (SSSR count). The minimum Gasteiger partial charge on any atom is -0.361 e. The lowest BCUT2D eigenvalue weighted by molar-refractivity contribution is -0.132. The first-order valence-electron chi connectivity index (χ1n) is 7.36. The molecular weight excluding hydrogens is 282 g/mol. The van der Waals surface area contributed by atoms with E-state index >= 15 is 0 Å². The molecule has 112 valence electrons. The highest BCUT2D eigenvalue weighted by Gasteiger charge is 2.26. The maximum absolute atomic E-state index is 12.5. The molecule has 2 atom stereocenters. The van der Waals surface area contributed by atoms with E-state index in [1.54, 1.807) is 0 Å². The summed E-state index contributed by atoms with van der Waals surface area (Å²) in [4.78, 5) is 17.6. The highest BCUT2D eigenvalue weighted by molar-refractivity contribution is 7.99. The monoisotopic (exact) mass is 303 g/mol. The number of H-pyrrole nitrogens is 1. The predicted molar refractivity (Wildman–Crippen MR) is 88.5 cm³/mol. The SMILES string of the molecule is CC1CN(C(=O)[C@@H](N)Cc2c[nH]c3ccccc23)CCS1. The molecule has 0 spiro atoms. The van der Waals surface area contributed by atoms with Gasteiger partial charge < -0.3 is 15.6 Å². The summed E-state index contributed by atoms with van der Waals surface area (Å²) in [5.74, 6) is 1.08. The molecule has 1 aromatic carbocycles. The maximum atomic E-state index is 12.5. The summed E-state index contributed by atoms with van der Waals surface area (Å²) in [6.07, 6.45) is 2.55. The molecule has 4 nitrogen and oxygen atoms in total. The molecule has 5 heteroatoms. The summed E-state index contributed by atoms with van der Waals surface area (Å²) in [5.41, 5.74) is 8.37. The molecule has 1 unspecified atom stereocenters. The fourth-order valence-corrected chi connectivity index (χ4v) is 3.89. The highest BCUT2D eigenvalue weighted by Crippen LogP contribution is 2.21. The average molecular weight is 303 g/mol. The summed E-state index contributed by atoms with van der Waals surface area (Å²) >= 11 is 1.92. The van der Waals surface area contributed by atoms with Crippen LogP contribution in [0.15, 0.2) is 30.5 Å². The number of fused-ring (bicyclic) bond motifs is 1. The number of carbonyl (C=O) groups is 1. The number of carbonyl (C=O) groups excluding carboxylic acids is 1. The van der Waals surface area contributed by atoms with Gasteiger partial charge in [0.25, 0.3) is 0 Å². The Kier molecular flexibility index (Phi) is 4.22. The zero-order chi connectivity index (χ0) is 14.8. The van der Waals surface area contributed by atoms with Crippen LogP contribution in [0.1, 0.15) is 12.5 Å². The molecule has 0 radical (unpaired) electrons. The largest absolute Gasteiger partial charge is 0.361 e. The molecule has 1 aromatic heterocycles. The first-order valence-corrected chi connectivity index (χ1v) is 8.41. The Morgan fingerprint density at radius 1 is 1.52 bits per heavy atom. The summed E-state index contributed by atoms with van der Waals surface area (Å²) in [5, 5.41) is 1.66. The van der Waals surface area contributed by atoms with Gasteiger partial charge in [0.2, 0.25) is 5.91 Å². The second-order valence-electron chi connectivity index (χ2n) is 5.64. The van der Waals surface area contributed by atoms with Crippen LogP contribution in [0, 0.1) is 0 Å². The summed E-state index contributed by atoms with van der Waals surface area (Å²) in [7, 11) is 0. The van der Waals surface area contributed by atoms with Crippen molar-refractivity contribution < 1.29 is 4.79 Å². The van der Waals surface area contributed by atoms with Crippen molar-refractivity contribution in [1.29, 1.82) is 0 Å². The van der Waals surface area contributed by atoms with E-state index in [9.17, 15) is 4.79 Å². The fraction of sp³-hybridized carbons (Fsp3) is 0.438. The normalized spacial score (nSPS) is 20.7. The lowest BCUT2D eigenvalue weighted by Gasteiger charge is -2.32. The maximum Gasteiger partial charge on any atom is 0.239 e. The van der Waals surface area contributed by atoms with E-state index < -0.39 is 6.04 Å². The van der Waals surface area contributed by atoms with Crippen LogP contribution in [0.25, 0.3) is 10.9 Å². The third-order valence-electron chi connectivity index (χ3n) is 3.98. The van der Waals surface area contributed by atoms with Crippen molar-refractivity contribution in [2.24, 2.45) is 5.73 Å². The molecule has 1 aliphatic rings. The zero-order valence-electron chi connectivity index (χ0n) is 12.2. The quantitative estimate of drug-likeness (QED) is 0.911. The lowest BCUT2D eigenvalue weighted by Crippen LogP contribution is -2.49. The molecule has 1 aliphatic heterocycles. The number of nitrogens with one attached hydrogen (secondary N) is 1. The summed E-state index contributed by atoms with van der Waals surface area (Å²) in [6, 6.07) is 7.66. The van der Waals surface area contributed by atoms with Gasteiger partial charge in [0.05, 0.1) is 6.04 Å². The van der Waals surface area contributed by atoms with Crippen molar-refractivity contribution in [2.45, 2.75) is 24.6 Å². The van der Waals surface area contributed by atoms with Gasteiger partial charge in [-0.05, 0) is 18.1 Å². The van der Waals surface area contributed by atoms with Crippen LogP contribution in [0.4, 0.5) is 0 Å². The van der Waals surface area contributed by atoms with Crippen LogP contribution < -0.4 is 5.73 Å². The van der Waals surface area contributed by atoms with Gasteiger partial charge in [-0.1, -0.05) is 25.1 Å². The van der Waals surface area contributed by atoms with Crippen LogP contribution in [-0.4, -0.2) is 45.9 Å². The summed E-state index contributed by atoms with van der Waals surface area (Å²) in [6.45, 7) is 3.79. The Hall–Kier alpha value is -1.46. The molecule has 2 aromatic rings. The van der Waals surface area contributed by atoms with E-state index in [1.165, 1.54) is 0 Å². The molecule has 1 saturated heterocycles. The molecule has 0 bridgehead atoms. The van der Waals surface area contributed by atoms with Crippen molar-refractivity contribution in [3.63, 3.8) is 0 Å². The number of thioether (sulfide) groups is 1. The molecule has 0 saturated carbocycles. The zero-order valence-corrected chi connectivity index (χ0v) is 13.0. The first-order chi connectivity index (χ1) is 10.1. The predicted octanol–water partition coefficient (Wildman–Crippen LogP) is 2.00. The van der Waals surface area contributed by atoms with E-state index in [4.69, 9.17) is 5.73 Å². The van der Waals surface area contributed by atoms with Crippen LogP contribution >= 0.6 is 11.8 Å². The standard InChI is InChI=1S/C16H21N3OS/c1-11-10-19(6-7-21-11)16(20)14(17)8-12-9-18-15-5-3-2-4-13(12)15/h2-5,9,11,14,18H,6-8,10,17H2,1H3/t11?,14-/m0/s1. The smallest absolute Gasteiger partial charge is 0.239 e. The van der Waals surface area contributed by atoms with Gasteiger partial charge in [0.1, 0.15) is 0 Å². The Morgan fingerprint density at radius 3 is 3.14 bits per heavy atom. The molecule has 1 amide bonds. The van der Waals surface area contributed by atoms with Crippen molar-refractivity contribution in [3.8, 4) is 0 Å².